The molecule has 0 saturated carbocycles. The third kappa shape index (κ3) is 6.87. The van der Waals surface area contributed by atoms with Gasteiger partial charge < -0.3 is 34.0 Å². The van der Waals surface area contributed by atoms with Crippen LogP contribution in [0.4, 0.5) is 0 Å². The van der Waals surface area contributed by atoms with Gasteiger partial charge in [-0.1, -0.05) is 72.8 Å². The van der Waals surface area contributed by atoms with Crippen LogP contribution < -0.4 is 43.1 Å². The molecule has 0 spiro atoms. The van der Waals surface area contributed by atoms with Crippen molar-refractivity contribution in [3.05, 3.63) is 157 Å². The minimum absolute atomic E-state index is 0. The predicted molar refractivity (Wildman–Crippen MR) is 187 cm³/mol. The lowest BCUT2D eigenvalue weighted by Crippen LogP contribution is -3.00. The molecule has 0 aliphatic carbocycles. The van der Waals surface area contributed by atoms with Crippen LogP contribution >= 0.6 is 0 Å². The summed E-state index contributed by atoms with van der Waals surface area (Å²) < 4.78 is 4.59. The number of halogens is 2. The van der Waals surface area contributed by atoms with Crippen LogP contribution in [0, 0.1) is 0 Å². The van der Waals surface area contributed by atoms with Crippen molar-refractivity contribution in [2.24, 2.45) is 0 Å². The van der Waals surface area contributed by atoms with E-state index in [0.29, 0.717) is 0 Å². The normalized spacial score (nSPS) is 11.1. The highest BCUT2D eigenvalue weighted by molar-refractivity contribution is 5.98. The molecule has 0 atom stereocenters. The number of aryl methyl sites for hydroxylation is 4. The zero-order valence-corrected chi connectivity index (χ0v) is 29.8. The lowest BCUT2D eigenvalue weighted by atomic mass is 9.98. The highest BCUT2D eigenvalue weighted by Gasteiger charge is 2.12. The maximum atomic E-state index is 4.89. The molecular formula is C42H36Br2N4. The molecule has 6 heteroatoms. The van der Waals surface area contributed by atoms with Gasteiger partial charge in [-0.25, -0.2) is 19.1 Å². The molecule has 0 aliphatic rings. The maximum absolute atomic E-state index is 4.89. The number of hydrogen-bond donors (Lipinski definition) is 0. The Morgan fingerprint density at radius 3 is 0.979 bits per heavy atom. The average molecular weight is 757 g/mol. The van der Waals surface area contributed by atoms with E-state index in [1.807, 2.05) is 0 Å². The van der Waals surface area contributed by atoms with Crippen molar-refractivity contribution in [2.75, 3.05) is 0 Å². The standard InChI is InChI=1S/C42H36N4.2BrH/c1-5-17-39-35(11-1)33(36-12-2-6-18-40(36)43-39)15-9-25-45-27-21-31(22-28-45)32-23-29-46(30-24-32)26-10-16-34-37-13-3-7-19-41(37)44-42-20-8-4-14-38(34)42;;/h1-8,11-14,17-24,27-30H,9-10,15-16,25-26H2;2*1H/q+2;;/p-2. The summed E-state index contributed by atoms with van der Waals surface area (Å²) in [5.41, 5.74) is 9.59. The first-order valence-electron chi connectivity index (χ1n) is 16.3. The van der Waals surface area contributed by atoms with Gasteiger partial charge in [0.15, 0.2) is 24.8 Å². The molecule has 8 aromatic rings. The average Bonchev–Trinajstić information content (AvgIpc) is 3.11. The van der Waals surface area contributed by atoms with Gasteiger partial charge >= 0.3 is 0 Å². The van der Waals surface area contributed by atoms with Crippen LogP contribution in [0.1, 0.15) is 24.0 Å². The molecule has 0 bridgehead atoms. The van der Waals surface area contributed by atoms with Crippen molar-refractivity contribution in [3.8, 4) is 11.1 Å². The van der Waals surface area contributed by atoms with Crippen LogP contribution in [0.5, 0.6) is 0 Å². The Bertz CT molecular complexity index is 2050. The van der Waals surface area contributed by atoms with E-state index in [0.717, 1.165) is 60.8 Å². The summed E-state index contributed by atoms with van der Waals surface area (Å²) in [5.74, 6) is 0. The van der Waals surface area contributed by atoms with Gasteiger partial charge in [0.2, 0.25) is 0 Å². The lowest BCUT2D eigenvalue weighted by Gasteiger charge is -2.10. The van der Waals surface area contributed by atoms with Crippen molar-refractivity contribution in [1.29, 1.82) is 0 Å². The van der Waals surface area contributed by atoms with Gasteiger partial charge in [-0.2, -0.15) is 0 Å². The molecule has 238 valence electrons. The minimum atomic E-state index is 0. The molecule has 48 heavy (non-hydrogen) atoms. The Kier molecular flexibility index (Phi) is 10.5. The highest BCUT2D eigenvalue weighted by atomic mass is 79.9. The number of fused-ring (bicyclic) bond motifs is 4. The Morgan fingerprint density at radius 1 is 0.375 bits per heavy atom. The zero-order chi connectivity index (χ0) is 30.7. The minimum Gasteiger partial charge on any atom is -1.00 e. The summed E-state index contributed by atoms with van der Waals surface area (Å²) in [6, 6.07) is 43.0. The van der Waals surface area contributed by atoms with Gasteiger partial charge in [0.05, 0.1) is 22.1 Å². The first-order valence-corrected chi connectivity index (χ1v) is 16.3. The molecule has 0 aliphatic heterocycles. The number of para-hydroxylation sites is 4. The van der Waals surface area contributed by atoms with Crippen molar-refractivity contribution < 1.29 is 43.1 Å². The molecular weight excluding hydrogens is 720 g/mol. The number of rotatable bonds is 9. The Hall–Kier alpha value is -4.52. The maximum Gasteiger partial charge on any atom is 0.169 e. The number of aromatic nitrogens is 4. The summed E-state index contributed by atoms with van der Waals surface area (Å²) in [7, 11) is 0. The second kappa shape index (κ2) is 15.1. The van der Waals surface area contributed by atoms with E-state index in [1.54, 1.807) is 0 Å². The second-order valence-electron chi connectivity index (χ2n) is 12.1. The highest BCUT2D eigenvalue weighted by Crippen LogP contribution is 2.28. The van der Waals surface area contributed by atoms with Gasteiger partial charge in [0.1, 0.15) is 13.1 Å². The molecule has 4 heterocycles. The molecule has 4 aromatic carbocycles. The second-order valence-corrected chi connectivity index (χ2v) is 12.1. The first kappa shape index (κ1) is 33.4. The monoisotopic (exact) mass is 754 g/mol. The van der Waals surface area contributed by atoms with E-state index < -0.39 is 0 Å². The summed E-state index contributed by atoms with van der Waals surface area (Å²) in [6.45, 7) is 1.95. The van der Waals surface area contributed by atoms with Crippen LogP contribution in [-0.2, 0) is 25.9 Å². The Balaban J connectivity index is 0.00000201. The topological polar surface area (TPSA) is 33.5 Å². The first-order chi connectivity index (χ1) is 22.8. The van der Waals surface area contributed by atoms with Crippen LogP contribution in [-0.4, -0.2) is 9.97 Å². The van der Waals surface area contributed by atoms with Crippen LogP contribution in [0.2, 0.25) is 0 Å². The molecule has 8 rings (SSSR count). The van der Waals surface area contributed by atoms with Crippen molar-refractivity contribution in [3.63, 3.8) is 0 Å². The third-order valence-corrected chi connectivity index (χ3v) is 9.20. The largest absolute Gasteiger partial charge is 1.00 e. The van der Waals surface area contributed by atoms with E-state index >= 15 is 0 Å². The molecule has 0 radical (unpaired) electrons. The molecule has 0 amide bonds. The molecule has 0 N–H and O–H groups in total. The van der Waals surface area contributed by atoms with Crippen LogP contribution in [0.15, 0.2) is 146 Å². The van der Waals surface area contributed by atoms with Gasteiger partial charge in [0.25, 0.3) is 0 Å². The lowest BCUT2D eigenvalue weighted by molar-refractivity contribution is -0.697. The SMILES string of the molecule is [Br-].[Br-].c1ccc2c(CCC[n+]3ccc(-c4cc[n+](CCCc5c6ccccc6nc6ccccc56)cc4)cc3)c3ccccc3nc2c1. The molecule has 0 unspecified atom stereocenters. The fourth-order valence-corrected chi connectivity index (χ4v) is 6.87. The van der Waals surface area contributed by atoms with Gasteiger partial charge in [-0.05, 0) is 59.4 Å². The number of hydrogen-bond acceptors (Lipinski definition) is 2. The number of benzene rings is 4. The van der Waals surface area contributed by atoms with Gasteiger partial charge in [0, 0.05) is 58.7 Å². The summed E-state index contributed by atoms with van der Waals surface area (Å²) in [4.78, 5) is 9.77. The number of nitrogens with zero attached hydrogens (tertiary/aromatic N) is 4. The van der Waals surface area contributed by atoms with E-state index in [-0.39, 0.29) is 34.0 Å². The van der Waals surface area contributed by atoms with Crippen molar-refractivity contribution in [2.45, 2.75) is 38.8 Å². The van der Waals surface area contributed by atoms with E-state index in [2.05, 4.69) is 155 Å². The smallest absolute Gasteiger partial charge is 0.169 e. The Labute approximate surface area is 302 Å². The van der Waals surface area contributed by atoms with Crippen molar-refractivity contribution >= 4 is 43.6 Å². The van der Waals surface area contributed by atoms with Crippen molar-refractivity contribution in [1.82, 2.24) is 9.97 Å². The van der Waals surface area contributed by atoms with Crippen LogP contribution in [0.3, 0.4) is 0 Å². The third-order valence-electron chi connectivity index (χ3n) is 9.20. The molecule has 4 nitrogen and oxygen atoms in total. The predicted octanol–water partition coefficient (Wildman–Crippen LogP) is 2.61. The molecule has 0 saturated heterocycles. The van der Waals surface area contributed by atoms with Gasteiger partial charge in [-0.3, -0.25) is 0 Å². The molecule has 4 aromatic heterocycles. The van der Waals surface area contributed by atoms with E-state index in [4.69, 9.17) is 9.97 Å². The molecule has 0 fully saturated rings. The van der Waals surface area contributed by atoms with Crippen LogP contribution in [0.25, 0.3) is 54.7 Å². The Morgan fingerprint density at radius 2 is 0.667 bits per heavy atom. The van der Waals surface area contributed by atoms with E-state index in [9.17, 15) is 0 Å². The summed E-state index contributed by atoms with van der Waals surface area (Å²) >= 11 is 0. The summed E-state index contributed by atoms with van der Waals surface area (Å²) in [5, 5.41) is 5.06. The number of pyridine rings is 4. The van der Waals surface area contributed by atoms with E-state index in [1.165, 1.54) is 43.8 Å². The fraction of sp³-hybridized carbons (Fsp3) is 0.143. The summed E-state index contributed by atoms with van der Waals surface area (Å²) in [6.07, 6.45) is 13.0. The van der Waals surface area contributed by atoms with Gasteiger partial charge in [-0.15, -0.1) is 0 Å². The zero-order valence-electron chi connectivity index (χ0n) is 26.6. The fourth-order valence-electron chi connectivity index (χ4n) is 6.87. The quantitative estimate of drug-likeness (QED) is 0.168.